The molecule has 74 valence electrons. The molecule has 0 saturated carbocycles. The number of hydrogen-bond acceptors (Lipinski definition) is 2. The minimum absolute atomic E-state index is 0.0732. The van der Waals surface area contributed by atoms with E-state index in [1.54, 1.807) is 0 Å². The van der Waals surface area contributed by atoms with Gasteiger partial charge in [-0.1, -0.05) is 19.4 Å². The van der Waals surface area contributed by atoms with Gasteiger partial charge in [0.2, 0.25) is 0 Å². The molecule has 12 heavy (non-hydrogen) atoms. The SMILES string of the molecule is CCC[SiH2]CC(OCC)OCC. The normalized spacial score (nSPS) is 12.0. The molecule has 0 aliphatic rings. The minimum Gasteiger partial charge on any atom is -0.353 e. The van der Waals surface area contributed by atoms with E-state index in [1.165, 1.54) is 18.5 Å². The smallest absolute Gasteiger partial charge is 0.154 e. The highest BCUT2D eigenvalue weighted by atomic mass is 28.2. The maximum absolute atomic E-state index is 5.44. The largest absolute Gasteiger partial charge is 0.353 e. The molecule has 0 heterocycles. The van der Waals surface area contributed by atoms with Gasteiger partial charge in [0.1, 0.15) is 0 Å². The second kappa shape index (κ2) is 9.23. The number of rotatable bonds is 8. The van der Waals surface area contributed by atoms with Gasteiger partial charge in [0.15, 0.2) is 6.29 Å². The lowest BCUT2D eigenvalue weighted by Crippen LogP contribution is -2.18. The summed E-state index contributed by atoms with van der Waals surface area (Å²) >= 11 is 0. The van der Waals surface area contributed by atoms with Gasteiger partial charge in [-0.3, -0.25) is 0 Å². The minimum atomic E-state index is 0.0732. The molecule has 2 nitrogen and oxygen atoms in total. The van der Waals surface area contributed by atoms with Crippen LogP contribution in [0.25, 0.3) is 0 Å². The molecule has 0 rings (SSSR count). The summed E-state index contributed by atoms with van der Waals surface area (Å²) in [4.78, 5) is 0. The van der Waals surface area contributed by atoms with Gasteiger partial charge in [-0.2, -0.15) is 0 Å². The summed E-state index contributed by atoms with van der Waals surface area (Å²) in [7, 11) is 0.0732. The molecule has 0 aliphatic heterocycles. The fourth-order valence-electron chi connectivity index (χ4n) is 1.15. The van der Waals surface area contributed by atoms with Crippen LogP contribution in [0.5, 0.6) is 0 Å². The first-order valence-electron chi connectivity index (χ1n) is 5.08. The molecule has 0 radical (unpaired) electrons. The van der Waals surface area contributed by atoms with Gasteiger partial charge in [0.05, 0.1) is 0 Å². The number of ether oxygens (including phenoxy) is 2. The molecule has 0 N–H and O–H groups in total. The van der Waals surface area contributed by atoms with Crippen LogP contribution in [0, 0.1) is 0 Å². The zero-order valence-electron chi connectivity index (χ0n) is 8.64. The third-order valence-corrected chi connectivity index (χ3v) is 3.84. The molecule has 0 aromatic rings. The summed E-state index contributed by atoms with van der Waals surface area (Å²) in [6.45, 7) is 7.82. The van der Waals surface area contributed by atoms with Crippen LogP contribution in [0.3, 0.4) is 0 Å². The van der Waals surface area contributed by atoms with Crippen molar-refractivity contribution in [3.63, 3.8) is 0 Å². The van der Waals surface area contributed by atoms with E-state index < -0.39 is 0 Å². The molecule has 0 spiro atoms. The molecule has 0 aliphatic carbocycles. The van der Waals surface area contributed by atoms with E-state index >= 15 is 0 Å². The average molecular weight is 190 g/mol. The maximum Gasteiger partial charge on any atom is 0.154 e. The van der Waals surface area contributed by atoms with Crippen LogP contribution < -0.4 is 0 Å². The fraction of sp³-hybridized carbons (Fsp3) is 1.00. The molecule has 0 aromatic heterocycles. The van der Waals surface area contributed by atoms with Gasteiger partial charge in [-0.25, -0.2) is 0 Å². The first-order chi connectivity index (χ1) is 5.85. The molecule has 0 bridgehead atoms. The van der Waals surface area contributed by atoms with Gasteiger partial charge in [0, 0.05) is 22.7 Å². The summed E-state index contributed by atoms with van der Waals surface area (Å²) in [6.07, 6.45) is 1.41. The molecule has 0 saturated heterocycles. The van der Waals surface area contributed by atoms with Gasteiger partial charge in [-0.05, 0) is 19.9 Å². The quantitative estimate of drug-likeness (QED) is 0.330. The van der Waals surface area contributed by atoms with Crippen LogP contribution >= 0.6 is 0 Å². The Labute approximate surface area is 78.5 Å². The summed E-state index contributed by atoms with van der Waals surface area (Å²) in [5.74, 6) is 0. The van der Waals surface area contributed by atoms with Crippen LogP contribution in [-0.4, -0.2) is 29.0 Å². The standard InChI is InChI=1S/C9H22O2Si/c1-4-7-12-8-9(10-5-2)11-6-3/h9H,4-8,12H2,1-3H3. The zero-order valence-corrected chi connectivity index (χ0v) is 10.1. The monoisotopic (exact) mass is 190 g/mol. The first-order valence-corrected chi connectivity index (χ1v) is 7.08. The summed E-state index contributed by atoms with van der Waals surface area (Å²) in [5.41, 5.74) is 0. The molecule has 0 aromatic carbocycles. The molecule has 0 fully saturated rings. The van der Waals surface area contributed by atoms with E-state index in [4.69, 9.17) is 9.47 Å². The Bertz CT molecular complexity index is 82.6. The van der Waals surface area contributed by atoms with E-state index in [2.05, 4.69) is 6.92 Å². The summed E-state index contributed by atoms with van der Waals surface area (Å²) < 4.78 is 10.9. The van der Waals surface area contributed by atoms with Crippen molar-refractivity contribution in [2.24, 2.45) is 0 Å². The van der Waals surface area contributed by atoms with Crippen molar-refractivity contribution >= 4 is 9.52 Å². The van der Waals surface area contributed by atoms with E-state index in [0.29, 0.717) is 0 Å². The Hall–Kier alpha value is 0.137. The highest BCUT2D eigenvalue weighted by molar-refractivity contribution is 6.35. The van der Waals surface area contributed by atoms with Crippen molar-refractivity contribution in [2.45, 2.75) is 45.6 Å². The molecule has 3 heteroatoms. The van der Waals surface area contributed by atoms with Crippen molar-refractivity contribution in [3.8, 4) is 0 Å². The van der Waals surface area contributed by atoms with Gasteiger partial charge in [-0.15, -0.1) is 0 Å². The molecule has 0 amide bonds. The van der Waals surface area contributed by atoms with Crippen LogP contribution in [-0.2, 0) is 9.47 Å². The Morgan fingerprint density at radius 1 is 1.08 bits per heavy atom. The van der Waals surface area contributed by atoms with Crippen LogP contribution in [0.4, 0.5) is 0 Å². The van der Waals surface area contributed by atoms with Crippen LogP contribution in [0.15, 0.2) is 0 Å². The number of hydrogen-bond donors (Lipinski definition) is 0. The second-order valence-electron chi connectivity index (χ2n) is 2.84. The van der Waals surface area contributed by atoms with E-state index in [9.17, 15) is 0 Å². The Morgan fingerprint density at radius 3 is 2.08 bits per heavy atom. The predicted octanol–water partition coefficient (Wildman–Crippen LogP) is 1.80. The maximum atomic E-state index is 5.44. The Morgan fingerprint density at radius 2 is 1.67 bits per heavy atom. The van der Waals surface area contributed by atoms with Gasteiger partial charge in [0.25, 0.3) is 0 Å². The zero-order chi connectivity index (χ0) is 9.23. The van der Waals surface area contributed by atoms with Crippen molar-refractivity contribution in [1.29, 1.82) is 0 Å². The van der Waals surface area contributed by atoms with Gasteiger partial charge < -0.3 is 9.47 Å². The lowest BCUT2D eigenvalue weighted by Gasteiger charge is -2.15. The molecular weight excluding hydrogens is 168 g/mol. The van der Waals surface area contributed by atoms with Crippen molar-refractivity contribution in [3.05, 3.63) is 0 Å². The van der Waals surface area contributed by atoms with Crippen molar-refractivity contribution in [1.82, 2.24) is 0 Å². The van der Waals surface area contributed by atoms with Crippen molar-refractivity contribution in [2.75, 3.05) is 13.2 Å². The topological polar surface area (TPSA) is 18.5 Å². The van der Waals surface area contributed by atoms with E-state index in [0.717, 1.165) is 13.2 Å². The lowest BCUT2D eigenvalue weighted by molar-refractivity contribution is -0.123. The predicted molar refractivity (Wildman–Crippen MR) is 55.5 cm³/mol. The lowest BCUT2D eigenvalue weighted by atomic mass is 10.6. The van der Waals surface area contributed by atoms with Crippen LogP contribution in [0.1, 0.15) is 27.2 Å². The highest BCUT2D eigenvalue weighted by Crippen LogP contribution is 2.03. The summed E-state index contributed by atoms with van der Waals surface area (Å²) in [6, 6.07) is 2.59. The highest BCUT2D eigenvalue weighted by Gasteiger charge is 2.06. The molecule has 0 atom stereocenters. The fourth-order valence-corrected chi connectivity index (χ4v) is 2.60. The van der Waals surface area contributed by atoms with E-state index in [-0.39, 0.29) is 15.8 Å². The second-order valence-corrected chi connectivity index (χ2v) is 4.83. The Balaban J connectivity index is 3.34. The van der Waals surface area contributed by atoms with E-state index in [1.807, 2.05) is 13.8 Å². The van der Waals surface area contributed by atoms with Gasteiger partial charge >= 0.3 is 0 Å². The van der Waals surface area contributed by atoms with Crippen LogP contribution in [0.2, 0.25) is 12.1 Å². The third-order valence-electron chi connectivity index (χ3n) is 1.75. The summed E-state index contributed by atoms with van der Waals surface area (Å²) in [5, 5.41) is 0. The first kappa shape index (κ1) is 12.1. The van der Waals surface area contributed by atoms with Crippen molar-refractivity contribution < 1.29 is 9.47 Å². The molecular formula is C9H22O2Si. The third kappa shape index (κ3) is 6.82. The Kier molecular flexibility index (Phi) is 9.33. The molecule has 0 unspecified atom stereocenters. The average Bonchev–Trinajstić information content (AvgIpc) is 2.06.